The number of benzene rings is 1. The van der Waals surface area contributed by atoms with Gasteiger partial charge in [-0.25, -0.2) is 9.59 Å². The van der Waals surface area contributed by atoms with Gasteiger partial charge in [-0.3, -0.25) is 15.5 Å². The SMILES string of the molecule is N=C(N)c1ccc(C(=O)NC(=O)N2CCC(OCC(=O)O)CC2)cc1. The highest BCUT2D eigenvalue weighted by Crippen LogP contribution is 2.14. The third-order valence-corrected chi connectivity index (χ3v) is 3.85. The molecule has 0 aromatic heterocycles. The molecule has 0 bridgehead atoms. The molecule has 134 valence electrons. The number of ether oxygens (including phenoxy) is 1. The Kier molecular flexibility index (Phi) is 6.07. The second kappa shape index (κ2) is 8.25. The van der Waals surface area contributed by atoms with Crippen LogP contribution < -0.4 is 11.1 Å². The molecular formula is C16H20N4O5. The number of aliphatic carboxylic acids is 1. The molecule has 1 fully saturated rings. The number of imide groups is 1. The number of rotatable bonds is 5. The van der Waals surface area contributed by atoms with Gasteiger partial charge in [-0.2, -0.15) is 0 Å². The Balaban J connectivity index is 1.82. The van der Waals surface area contributed by atoms with E-state index < -0.39 is 17.9 Å². The van der Waals surface area contributed by atoms with E-state index in [-0.39, 0.29) is 24.1 Å². The Morgan fingerprint density at radius 3 is 2.28 bits per heavy atom. The van der Waals surface area contributed by atoms with Crippen LogP contribution in [0.4, 0.5) is 4.79 Å². The summed E-state index contributed by atoms with van der Waals surface area (Å²) in [4.78, 5) is 36.2. The Morgan fingerprint density at radius 1 is 1.20 bits per heavy atom. The molecule has 0 saturated carbocycles. The van der Waals surface area contributed by atoms with Crippen molar-refractivity contribution in [2.75, 3.05) is 19.7 Å². The summed E-state index contributed by atoms with van der Waals surface area (Å²) < 4.78 is 5.20. The van der Waals surface area contributed by atoms with Crippen molar-refractivity contribution >= 4 is 23.7 Å². The van der Waals surface area contributed by atoms with E-state index in [1.54, 1.807) is 0 Å². The minimum Gasteiger partial charge on any atom is -0.480 e. The maximum Gasteiger partial charge on any atom is 0.329 e. The maximum absolute atomic E-state index is 12.1. The van der Waals surface area contributed by atoms with Crippen LogP contribution in [-0.2, 0) is 9.53 Å². The van der Waals surface area contributed by atoms with Gasteiger partial charge >= 0.3 is 12.0 Å². The van der Waals surface area contributed by atoms with E-state index in [4.69, 9.17) is 21.0 Å². The Morgan fingerprint density at radius 2 is 1.76 bits per heavy atom. The number of nitrogens with one attached hydrogen (secondary N) is 2. The summed E-state index contributed by atoms with van der Waals surface area (Å²) >= 11 is 0. The van der Waals surface area contributed by atoms with E-state index in [2.05, 4.69) is 5.32 Å². The molecule has 0 aliphatic carbocycles. The Bertz CT molecular complexity index is 666. The molecule has 1 aliphatic rings. The van der Waals surface area contributed by atoms with Crippen LogP contribution >= 0.6 is 0 Å². The van der Waals surface area contributed by atoms with Gasteiger partial charge in [0.2, 0.25) is 0 Å². The van der Waals surface area contributed by atoms with Gasteiger partial charge < -0.3 is 20.5 Å². The first-order valence-electron chi connectivity index (χ1n) is 7.75. The number of nitrogens with two attached hydrogens (primary N) is 1. The van der Waals surface area contributed by atoms with Crippen molar-refractivity contribution in [1.29, 1.82) is 5.41 Å². The number of amides is 3. The molecule has 2 rings (SSSR count). The van der Waals surface area contributed by atoms with Gasteiger partial charge in [-0.05, 0) is 25.0 Å². The van der Waals surface area contributed by atoms with Crippen molar-refractivity contribution in [1.82, 2.24) is 10.2 Å². The summed E-state index contributed by atoms with van der Waals surface area (Å²) in [7, 11) is 0. The van der Waals surface area contributed by atoms with Crippen molar-refractivity contribution < 1.29 is 24.2 Å². The summed E-state index contributed by atoms with van der Waals surface area (Å²) in [6.07, 6.45) is 0.833. The highest BCUT2D eigenvalue weighted by Gasteiger charge is 2.25. The Hall–Kier alpha value is -2.94. The van der Waals surface area contributed by atoms with E-state index >= 15 is 0 Å². The monoisotopic (exact) mass is 348 g/mol. The van der Waals surface area contributed by atoms with Crippen LogP contribution in [0.1, 0.15) is 28.8 Å². The zero-order chi connectivity index (χ0) is 18.4. The lowest BCUT2D eigenvalue weighted by Crippen LogP contribution is -2.47. The van der Waals surface area contributed by atoms with Gasteiger partial charge in [0, 0.05) is 24.2 Å². The first-order valence-corrected chi connectivity index (χ1v) is 7.75. The number of nitrogen functional groups attached to an aromatic ring is 1. The van der Waals surface area contributed by atoms with Gasteiger partial charge in [0.05, 0.1) is 6.10 Å². The number of piperidine rings is 1. The highest BCUT2D eigenvalue weighted by atomic mass is 16.5. The van der Waals surface area contributed by atoms with E-state index in [0.29, 0.717) is 31.5 Å². The van der Waals surface area contributed by atoms with Crippen molar-refractivity contribution in [3.63, 3.8) is 0 Å². The molecule has 1 heterocycles. The highest BCUT2D eigenvalue weighted by molar-refractivity contribution is 6.05. The van der Waals surface area contributed by atoms with Gasteiger partial charge in [0.15, 0.2) is 0 Å². The minimum atomic E-state index is -1.03. The second-order valence-corrected chi connectivity index (χ2v) is 5.64. The number of hydrogen-bond donors (Lipinski definition) is 4. The van der Waals surface area contributed by atoms with E-state index in [0.717, 1.165) is 0 Å². The van der Waals surface area contributed by atoms with Crippen molar-refractivity contribution in [3.05, 3.63) is 35.4 Å². The van der Waals surface area contributed by atoms with Crippen molar-refractivity contribution in [2.24, 2.45) is 5.73 Å². The summed E-state index contributed by atoms with van der Waals surface area (Å²) in [5.74, 6) is -1.66. The van der Waals surface area contributed by atoms with Crippen LogP contribution in [0.2, 0.25) is 0 Å². The Labute approximate surface area is 144 Å². The fourth-order valence-corrected chi connectivity index (χ4v) is 2.46. The molecule has 1 aromatic carbocycles. The zero-order valence-corrected chi connectivity index (χ0v) is 13.5. The summed E-state index contributed by atoms with van der Waals surface area (Å²) in [6.45, 7) is 0.408. The number of nitrogens with zero attached hydrogens (tertiary/aromatic N) is 1. The molecule has 0 radical (unpaired) electrons. The summed E-state index contributed by atoms with van der Waals surface area (Å²) in [6, 6.07) is 5.55. The van der Waals surface area contributed by atoms with Crippen LogP contribution in [0, 0.1) is 5.41 Å². The summed E-state index contributed by atoms with van der Waals surface area (Å²) in [5.41, 5.74) is 6.13. The minimum absolute atomic E-state index is 0.101. The molecule has 25 heavy (non-hydrogen) atoms. The van der Waals surface area contributed by atoms with Crippen molar-refractivity contribution in [3.8, 4) is 0 Å². The van der Waals surface area contributed by atoms with Crippen LogP contribution in [0.3, 0.4) is 0 Å². The average Bonchev–Trinajstić information content (AvgIpc) is 2.60. The lowest BCUT2D eigenvalue weighted by Gasteiger charge is -2.31. The number of likely N-dealkylation sites (tertiary alicyclic amines) is 1. The van der Waals surface area contributed by atoms with Crippen LogP contribution in [0.25, 0.3) is 0 Å². The lowest BCUT2D eigenvalue weighted by molar-refractivity contribution is -0.145. The van der Waals surface area contributed by atoms with E-state index in [1.165, 1.54) is 29.2 Å². The molecule has 9 nitrogen and oxygen atoms in total. The molecule has 0 spiro atoms. The van der Waals surface area contributed by atoms with Gasteiger partial charge in [0.25, 0.3) is 5.91 Å². The normalized spacial score (nSPS) is 14.8. The molecule has 5 N–H and O–H groups in total. The average molecular weight is 348 g/mol. The molecule has 1 saturated heterocycles. The number of carboxylic acids is 1. The predicted molar refractivity (Wildman–Crippen MR) is 88.5 cm³/mol. The van der Waals surface area contributed by atoms with Crippen LogP contribution in [0.15, 0.2) is 24.3 Å². The molecule has 3 amide bonds. The largest absolute Gasteiger partial charge is 0.480 e. The fourth-order valence-electron chi connectivity index (χ4n) is 2.46. The molecule has 0 atom stereocenters. The lowest BCUT2D eigenvalue weighted by atomic mass is 10.1. The third-order valence-electron chi connectivity index (χ3n) is 3.85. The van der Waals surface area contributed by atoms with Gasteiger partial charge in [-0.15, -0.1) is 0 Å². The number of hydrogen-bond acceptors (Lipinski definition) is 5. The predicted octanol–water partition coefficient (Wildman–Crippen LogP) is 0.386. The third kappa shape index (κ3) is 5.28. The standard InChI is InChI=1S/C16H20N4O5/c17-14(18)10-1-3-11(4-2-10)15(23)19-16(24)20-7-5-12(6-8-20)25-9-13(21)22/h1-4,12H,5-9H2,(H3,17,18)(H,21,22)(H,19,23,24). The second-order valence-electron chi connectivity index (χ2n) is 5.64. The van der Waals surface area contributed by atoms with Gasteiger partial charge in [0.1, 0.15) is 12.4 Å². The number of carbonyl (C=O) groups excluding carboxylic acids is 2. The van der Waals surface area contributed by atoms with Crippen LogP contribution in [-0.4, -0.2) is 59.6 Å². The van der Waals surface area contributed by atoms with Gasteiger partial charge in [-0.1, -0.05) is 12.1 Å². The van der Waals surface area contributed by atoms with Crippen LogP contribution in [0.5, 0.6) is 0 Å². The molecular weight excluding hydrogens is 328 g/mol. The molecule has 1 aliphatic heterocycles. The first kappa shape index (κ1) is 18.4. The maximum atomic E-state index is 12.1. The fraction of sp³-hybridized carbons (Fsp3) is 0.375. The first-order chi connectivity index (χ1) is 11.9. The molecule has 9 heteroatoms. The van der Waals surface area contributed by atoms with Crippen molar-refractivity contribution in [2.45, 2.75) is 18.9 Å². The molecule has 0 unspecified atom stereocenters. The topological polar surface area (TPSA) is 146 Å². The number of carboxylic acid groups (broad SMARTS) is 1. The number of carbonyl (C=O) groups is 3. The number of urea groups is 1. The zero-order valence-electron chi connectivity index (χ0n) is 13.5. The quantitative estimate of drug-likeness (QED) is 0.447. The van der Waals surface area contributed by atoms with E-state index in [9.17, 15) is 14.4 Å². The molecule has 1 aromatic rings. The number of amidine groups is 1. The summed E-state index contributed by atoms with van der Waals surface area (Å²) in [5, 5.41) is 18.2. The smallest absolute Gasteiger partial charge is 0.329 e. The van der Waals surface area contributed by atoms with E-state index in [1.807, 2.05) is 0 Å².